The molecule has 1 saturated carbocycles. The van der Waals surface area contributed by atoms with E-state index in [0.29, 0.717) is 5.41 Å². The first kappa shape index (κ1) is 9.83. The van der Waals surface area contributed by atoms with Crippen LogP contribution in [0.4, 0.5) is 0 Å². The van der Waals surface area contributed by atoms with Crippen molar-refractivity contribution in [3.8, 4) is 0 Å². The third-order valence-electron chi connectivity index (χ3n) is 3.10. The fourth-order valence-corrected chi connectivity index (χ4v) is 2.16. The number of hydrogen-bond acceptors (Lipinski definition) is 0. The summed E-state index contributed by atoms with van der Waals surface area (Å²) in [6, 6.07) is 0. The summed E-state index contributed by atoms with van der Waals surface area (Å²) < 4.78 is 0. The van der Waals surface area contributed by atoms with Crippen molar-refractivity contribution in [3.05, 3.63) is 12.2 Å². The van der Waals surface area contributed by atoms with Gasteiger partial charge in [0.1, 0.15) is 0 Å². The Morgan fingerprint density at radius 2 is 1.83 bits per heavy atom. The molecule has 0 unspecified atom stereocenters. The van der Waals surface area contributed by atoms with Crippen LogP contribution in [0, 0.1) is 11.3 Å². The Labute approximate surface area is 77.1 Å². The highest BCUT2D eigenvalue weighted by Gasteiger charge is 2.26. The lowest BCUT2D eigenvalue weighted by molar-refractivity contribution is 0.191. The lowest BCUT2D eigenvalue weighted by Gasteiger charge is -2.34. The zero-order valence-electron chi connectivity index (χ0n) is 8.82. The molecule has 1 fully saturated rings. The molecule has 0 heteroatoms. The van der Waals surface area contributed by atoms with Gasteiger partial charge in [0, 0.05) is 0 Å². The van der Waals surface area contributed by atoms with Crippen molar-refractivity contribution in [1.29, 1.82) is 0 Å². The smallest absolute Gasteiger partial charge is 0.0297 e. The third kappa shape index (κ3) is 3.00. The normalized spacial score (nSPS) is 23.9. The van der Waals surface area contributed by atoms with Gasteiger partial charge in [0.15, 0.2) is 0 Å². The molecule has 0 bridgehead atoms. The van der Waals surface area contributed by atoms with Crippen molar-refractivity contribution in [3.63, 3.8) is 0 Å². The molecule has 70 valence electrons. The van der Waals surface area contributed by atoms with Crippen molar-refractivity contribution in [2.45, 2.75) is 52.9 Å². The minimum absolute atomic E-state index is 0.617. The van der Waals surface area contributed by atoms with Gasteiger partial charge in [-0.05, 0) is 50.4 Å². The quantitative estimate of drug-likeness (QED) is 0.540. The van der Waals surface area contributed by atoms with Crippen molar-refractivity contribution < 1.29 is 0 Å². The molecule has 0 aromatic carbocycles. The predicted octanol–water partition coefficient (Wildman–Crippen LogP) is 4.17. The monoisotopic (exact) mass is 166 g/mol. The van der Waals surface area contributed by atoms with E-state index in [4.69, 9.17) is 0 Å². The highest BCUT2D eigenvalue weighted by atomic mass is 14.3. The summed E-state index contributed by atoms with van der Waals surface area (Å²) >= 11 is 0. The van der Waals surface area contributed by atoms with Crippen molar-refractivity contribution in [1.82, 2.24) is 0 Å². The van der Waals surface area contributed by atoms with Gasteiger partial charge in [-0.25, -0.2) is 0 Å². The van der Waals surface area contributed by atoms with Crippen LogP contribution in [0.15, 0.2) is 12.2 Å². The van der Waals surface area contributed by atoms with Gasteiger partial charge in [-0.2, -0.15) is 0 Å². The average molecular weight is 166 g/mol. The lowest BCUT2D eigenvalue weighted by atomic mass is 9.72. The van der Waals surface area contributed by atoms with Crippen LogP contribution >= 0.6 is 0 Å². The molecule has 1 aliphatic carbocycles. The summed E-state index contributed by atoms with van der Waals surface area (Å²) in [7, 11) is 0. The number of hydrogen-bond donors (Lipinski definition) is 0. The van der Waals surface area contributed by atoms with Gasteiger partial charge in [0.25, 0.3) is 0 Å². The van der Waals surface area contributed by atoms with Gasteiger partial charge in [-0.3, -0.25) is 0 Å². The van der Waals surface area contributed by atoms with Crippen LogP contribution in [0.3, 0.4) is 0 Å². The SMILES string of the molecule is C=C(C)CC1CCC(C)(C)CC1. The number of allylic oxidation sites excluding steroid dienone is 1. The molecule has 0 atom stereocenters. The Kier molecular flexibility index (Phi) is 2.98. The second-order valence-electron chi connectivity index (χ2n) is 5.27. The molecule has 0 N–H and O–H groups in total. The molecule has 1 rings (SSSR count). The summed E-state index contributed by atoms with van der Waals surface area (Å²) in [5.41, 5.74) is 1.98. The van der Waals surface area contributed by atoms with Gasteiger partial charge >= 0.3 is 0 Å². The van der Waals surface area contributed by atoms with Gasteiger partial charge in [0.05, 0.1) is 0 Å². The summed E-state index contributed by atoms with van der Waals surface area (Å²) in [6.45, 7) is 10.9. The topological polar surface area (TPSA) is 0 Å². The minimum Gasteiger partial charge on any atom is -0.100 e. The van der Waals surface area contributed by atoms with E-state index in [1.165, 1.54) is 37.7 Å². The highest BCUT2D eigenvalue weighted by molar-refractivity contribution is 4.92. The van der Waals surface area contributed by atoms with E-state index in [1.54, 1.807) is 0 Å². The fourth-order valence-electron chi connectivity index (χ4n) is 2.16. The highest BCUT2D eigenvalue weighted by Crippen LogP contribution is 2.39. The molecule has 0 spiro atoms. The Morgan fingerprint density at radius 3 is 2.25 bits per heavy atom. The zero-order chi connectivity index (χ0) is 9.19. The van der Waals surface area contributed by atoms with E-state index >= 15 is 0 Å². The van der Waals surface area contributed by atoms with Gasteiger partial charge in [-0.15, -0.1) is 6.58 Å². The fraction of sp³-hybridized carbons (Fsp3) is 0.833. The Bertz CT molecular complexity index is 155. The molecular formula is C12H22. The van der Waals surface area contributed by atoms with Crippen LogP contribution in [0.25, 0.3) is 0 Å². The van der Waals surface area contributed by atoms with Crippen LogP contribution in [-0.4, -0.2) is 0 Å². The molecule has 0 aromatic heterocycles. The molecule has 0 nitrogen and oxygen atoms in total. The maximum atomic E-state index is 3.99. The average Bonchev–Trinajstić information content (AvgIpc) is 1.93. The molecule has 0 saturated heterocycles. The molecule has 0 aromatic rings. The molecule has 0 aliphatic heterocycles. The second kappa shape index (κ2) is 3.64. The van der Waals surface area contributed by atoms with Crippen molar-refractivity contribution in [2.75, 3.05) is 0 Å². The van der Waals surface area contributed by atoms with Gasteiger partial charge < -0.3 is 0 Å². The van der Waals surface area contributed by atoms with E-state index in [0.717, 1.165) is 5.92 Å². The van der Waals surface area contributed by atoms with Crippen molar-refractivity contribution >= 4 is 0 Å². The summed E-state index contributed by atoms with van der Waals surface area (Å²) in [4.78, 5) is 0. The first-order chi connectivity index (χ1) is 5.49. The molecule has 0 radical (unpaired) electrons. The number of rotatable bonds is 2. The zero-order valence-corrected chi connectivity index (χ0v) is 8.82. The molecule has 0 amide bonds. The first-order valence-electron chi connectivity index (χ1n) is 5.14. The van der Waals surface area contributed by atoms with E-state index in [1.807, 2.05) is 0 Å². The summed E-state index contributed by atoms with van der Waals surface area (Å²) in [6.07, 6.45) is 6.91. The molecule has 12 heavy (non-hydrogen) atoms. The van der Waals surface area contributed by atoms with Crippen LogP contribution < -0.4 is 0 Å². The third-order valence-corrected chi connectivity index (χ3v) is 3.10. The Morgan fingerprint density at radius 1 is 1.33 bits per heavy atom. The van der Waals surface area contributed by atoms with Crippen LogP contribution in [0.1, 0.15) is 52.9 Å². The van der Waals surface area contributed by atoms with Crippen LogP contribution in [0.5, 0.6) is 0 Å². The predicted molar refractivity (Wildman–Crippen MR) is 55.2 cm³/mol. The van der Waals surface area contributed by atoms with Gasteiger partial charge in [-0.1, -0.05) is 19.4 Å². The first-order valence-corrected chi connectivity index (χ1v) is 5.14. The standard InChI is InChI=1S/C12H22/c1-10(2)9-11-5-7-12(3,4)8-6-11/h11H,1,5-9H2,2-4H3. The minimum atomic E-state index is 0.617. The van der Waals surface area contributed by atoms with Crippen LogP contribution in [-0.2, 0) is 0 Å². The maximum absolute atomic E-state index is 3.99. The molecule has 1 aliphatic rings. The second-order valence-corrected chi connectivity index (χ2v) is 5.27. The van der Waals surface area contributed by atoms with Crippen molar-refractivity contribution in [2.24, 2.45) is 11.3 Å². The lowest BCUT2D eigenvalue weighted by Crippen LogP contribution is -2.21. The van der Waals surface area contributed by atoms with E-state index in [2.05, 4.69) is 27.4 Å². The van der Waals surface area contributed by atoms with Gasteiger partial charge in [0.2, 0.25) is 0 Å². The molecule has 0 heterocycles. The summed E-state index contributed by atoms with van der Waals surface area (Å²) in [5.74, 6) is 0.940. The largest absolute Gasteiger partial charge is 0.100 e. The van der Waals surface area contributed by atoms with E-state index in [-0.39, 0.29) is 0 Å². The van der Waals surface area contributed by atoms with E-state index in [9.17, 15) is 0 Å². The van der Waals surface area contributed by atoms with Crippen LogP contribution in [0.2, 0.25) is 0 Å². The Hall–Kier alpha value is -0.260. The molecular weight excluding hydrogens is 144 g/mol. The maximum Gasteiger partial charge on any atom is -0.0297 e. The summed E-state index contributed by atoms with van der Waals surface area (Å²) in [5, 5.41) is 0. The Balaban J connectivity index is 2.31. The van der Waals surface area contributed by atoms with E-state index < -0.39 is 0 Å².